The zero-order valence-corrected chi connectivity index (χ0v) is 18.6. The van der Waals surface area contributed by atoms with E-state index in [0.29, 0.717) is 23.8 Å². The molecule has 3 aromatic carbocycles. The molecule has 1 amide bonds. The van der Waals surface area contributed by atoms with Crippen molar-refractivity contribution in [1.82, 2.24) is 10.1 Å². The normalized spacial score (nSPS) is 12.8. The van der Waals surface area contributed by atoms with Crippen molar-refractivity contribution in [3.05, 3.63) is 83.7 Å². The minimum absolute atomic E-state index is 0.0113. The van der Waals surface area contributed by atoms with E-state index in [9.17, 15) is 4.79 Å². The number of amides is 1. The summed E-state index contributed by atoms with van der Waals surface area (Å²) >= 11 is 1.58. The Bertz CT molecular complexity index is 1300. The predicted molar refractivity (Wildman–Crippen MR) is 123 cm³/mol. The maximum atomic E-state index is 13.1. The smallest absolute Gasteiger partial charge is 0.264 e. The fourth-order valence-electron chi connectivity index (χ4n) is 3.66. The van der Waals surface area contributed by atoms with Crippen molar-refractivity contribution in [3.63, 3.8) is 0 Å². The highest BCUT2D eigenvalue weighted by atomic mass is 32.2. The molecule has 0 saturated heterocycles. The lowest BCUT2D eigenvalue weighted by molar-refractivity contribution is 0.0985. The molecule has 6 nitrogen and oxygen atoms in total. The van der Waals surface area contributed by atoms with Gasteiger partial charge in [0.2, 0.25) is 5.82 Å². The zero-order valence-electron chi connectivity index (χ0n) is 17.7. The van der Waals surface area contributed by atoms with Crippen molar-refractivity contribution in [3.8, 4) is 17.1 Å². The van der Waals surface area contributed by atoms with E-state index in [2.05, 4.69) is 10.1 Å². The fraction of sp³-hybridized carbons (Fsp3) is 0.160. The fourth-order valence-corrected chi connectivity index (χ4v) is 4.78. The number of rotatable bonds is 5. The van der Waals surface area contributed by atoms with E-state index < -0.39 is 0 Å². The van der Waals surface area contributed by atoms with Crippen LogP contribution in [0.15, 0.2) is 81.0 Å². The van der Waals surface area contributed by atoms with Gasteiger partial charge in [-0.2, -0.15) is 4.98 Å². The summed E-state index contributed by atoms with van der Waals surface area (Å²) in [7, 11) is 0. The van der Waals surface area contributed by atoms with Crippen LogP contribution in [0.5, 0.6) is 5.75 Å². The van der Waals surface area contributed by atoms with E-state index in [0.717, 1.165) is 32.4 Å². The summed E-state index contributed by atoms with van der Waals surface area (Å²) in [5.74, 6) is 1.66. The van der Waals surface area contributed by atoms with Crippen LogP contribution in [0.2, 0.25) is 0 Å². The minimum Gasteiger partial charge on any atom is -0.484 e. The van der Waals surface area contributed by atoms with Gasteiger partial charge in [-0.3, -0.25) is 4.79 Å². The molecule has 0 fully saturated rings. The van der Waals surface area contributed by atoms with Crippen LogP contribution in [0.1, 0.15) is 28.7 Å². The van der Waals surface area contributed by atoms with Gasteiger partial charge in [0.15, 0.2) is 6.61 Å². The Morgan fingerprint density at radius 1 is 1.03 bits per heavy atom. The summed E-state index contributed by atoms with van der Waals surface area (Å²) in [5, 5.41) is 4.13. The van der Waals surface area contributed by atoms with Crippen LogP contribution in [0.4, 0.5) is 5.69 Å². The molecule has 32 heavy (non-hydrogen) atoms. The van der Waals surface area contributed by atoms with Gasteiger partial charge in [0.1, 0.15) is 5.75 Å². The first-order chi connectivity index (χ1) is 15.6. The maximum absolute atomic E-state index is 13.1. The lowest BCUT2D eigenvalue weighted by Gasteiger charge is -2.21. The van der Waals surface area contributed by atoms with Gasteiger partial charge in [0.05, 0.1) is 11.3 Å². The SMILES string of the molecule is CCN1C(=O)c2ccccc2Sc2cc(-c3noc(COc4cccc(C)c4)n3)ccc21. The van der Waals surface area contributed by atoms with Crippen LogP contribution >= 0.6 is 11.8 Å². The molecular weight excluding hydrogens is 422 g/mol. The van der Waals surface area contributed by atoms with E-state index in [1.807, 2.05) is 80.6 Å². The lowest BCUT2D eigenvalue weighted by Crippen LogP contribution is -2.30. The van der Waals surface area contributed by atoms with Crippen molar-refractivity contribution in [2.45, 2.75) is 30.2 Å². The first-order valence-corrected chi connectivity index (χ1v) is 11.2. The number of hydrogen-bond acceptors (Lipinski definition) is 6. The predicted octanol–water partition coefficient (Wildman–Crippen LogP) is 5.76. The van der Waals surface area contributed by atoms with Gasteiger partial charge in [-0.05, 0) is 61.9 Å². The molecule has 0 unspecified atom stereocenters. The third kappa shape index (κ3) is 3.87. The number of aromatic nitrogens is 2. The van der Waals surface area contributed by atoms with E-state index in [4.69, 9.17) is 9.26 Å². The molecule has 0 radical (unpaired) electrons. The topological polar surface area (TPSA) is 68.5 Å². The van der Waals surface area contributed by atoms with Crippen molar-refractivity contribution < 1.29 is 14.1 Å². The highest BCUT2D eigenvalue weighted by molar-refractivity contribution is 7.99. The molecule has 1 aliphatic rings. The monoisotopic (exact) mass is 443 g/mol. The quantitative estimate of drug-likeness (QED) is 0.391. The minimum atomic E-state index is 0.0113. The summed E-state index contributed by atoms with van der Waals surface area (Å²) in [5.41, 5.74) is 3.54. The van der Waals surface area contributed by atoms with E-state index in [1.54, 1.807) is 16.7 Å². The Morgan fingerprint density at radius 2 is 1.91 bits per heavy atom. The molecule has 0 atom stereocenters. The molecule has 1 aromatic heterocycles. The van der Waals surface area contributed by atoms with E-state index in [-0.39, 0.29) is 12.5 Å². The molecule has 0 N–H and O–H groups in total. The zero-order chi connectivity index (χ0) is 22.1. The Labute approximate surface area is 190 Å². The maximum Gasteiger partial charge on any atom is 0.264 e. The van der Waals surface area contributed by atoms with Crippen molar-refractivity contribution in [1.29, 1.82) is 0 Å². The standard InChI is InChI=1S/C25H21N3O3S/c1-3-28-20-12-11-17(14-22(20)32-21-10-5-4-9-19(21)25(28)29)24-26-23(31-27-24)15-30-18-8-6-7-16(2)13-18/h4-14H,3,15H2,1-2H3. The van der Waals surface area contributed by atoms with Gasteiger partial charge in [-0.25, -0.2) is 0 Å². The highest BCUT2D eigenvalue weighted by Crippen LogP contribution is 2.42. The molecule has 0 spiro atoms. The third-order valence-electron chi connectivity index (χ3n) is 5.23. The van der Waals surface area contributed by atoms with Gasteiger partial charge in [-0.1, -0.05) is 41.2 Å². The second-order valence-electron chi connectivity index (χ2n) is 7.45. The number of fused-ring (bicyclic) bond motifs is 2. The van der Waals surface area contributed by atoms with Gasteiger partial charge < -0.3 is 14.2 Å². The summed E-state index contributed by atoms with van der Waals surface area (Å²) in [6.07, 6.45) is 0. The van der Waals surface area contributed by atoms with Crippen molar-refractivity contribution >= 4 is 23.4 Å². The summed E-state index contributed by atoms with van der Waals surface area (Å²) in [4.78, 5) is 21.3. The average Bonchev–Trinajstić information content (AvgIpc) is 3.24. The van der Waals surface area contributed by atoms with Gasteiger partial charge in [0, 0.05) is 21.9 Å². The van der Waals surface area contributed by atoms with E-state index in [1.165, 1.54) is 0 Å². The van der Waals surface area contributed by atoms with Crippen LogP contribution in [-0.2, 0) is 6.61 Å². The Balaban J connectivity index is 1.42. The van der Waals surface area contributed by atoms with Crippen molar-refractivity contribution in [2.75, 3.05) is 11.4 Å². The number of aryl methyl sites for hydroxylation is 1. The number of carbonyl (C=O) groups is 1. The van der Waals surface area contributed by atoms with Crippen molar-refractivity contribution in [2.24, 2.45) is 0 Å². The second kappa shape index (κ2) is 8.51. The third-order valence-corrected chi connectivity index (χ3v) is 6.35. The van der Waals surface area contributed by atoms with Crippen LogP contribution in [0, 0.1) is 6.92 Å². The molecule has 7 heteroatoms. The van der Waals surface area contributed by atoms with Gasteiger partial charge in [0.25, 0.3) is 11.8 Å². The number of carbonyl (C=O) groups excluding carboxylic acids is 1. The lowest BCUT2D eigenvalue weighted by atomic mass is 10.1. The molecular formula is C25H21N3O3S. The largest absolute Gasteiger partial charge is 0.484 e. The summed E-state index contributed by atoms with van der Waals surface area (Å²) in [6, 6.07) is 21.4. The van der Waals surface area contributed by atoms with Crippen LogP contribution < -0.4 is 9.64 Å². The molecule has 5 rings (SSSR count). The Hall–Kier alpha value is -3.58. The molecule has 160 valence electrons. The number of benzene rings is 3. The Morgan fingerprint density at radius 3 is 2.75 bits per heavy atom. The molecule has 0 bridgehead atoms. The number of anilines is 1. The molecule has 1 aliphatic heterocycles. The summed E-state index contributed by atoms with van der Waals surface area (Å²) < 4.78 is 11.2. The first-order valence-electron chi connectivity index (χ1n) is 10.4. The van der Waals surface area contributed by atoms with Crippen LogP contribution in [0.3, 0.4) is 0 Å². The molecule has 0 aliphatic carbocycles. The van der Waals surface area contributed by atoms with E-state index >= 15 is 0 Å². The number of ether oxygens (including phenoxy) is 1. The second-order valence-corrected chi connectivity index (χ2v) is 8.53. The number of hydrogen-bond donors (Lipinski definition) is 0. The highest BCUT2D eigenvalue weighted by Gasteiger charge is 2.26. The Kier molecular flexibility index (Phi) is 5.41. The van der Waals surface area contributed by atoms with Crippen LogP contribution in [-0.4, -0.2) is 22.6 Å². The summed E-state index contributed by atoms with van der Waals surface area (Å²) in [6.45, 7) is 4.78. The van der Waals surface area contributed by atoms with Gasteiger partial charge >= 0.3 is 0 Å². The molecule has 4 aromatic rings. The molecule has 2 heterocycles. The van der Waals surface area contributed by atoms with Gasteiger partial charge in [-0.15, -0.1) is 0 Å². The molecule has 0 saturated carbocycles. The van der Waals surface area contributed by atoms with Crippen LogP contribution in [0.25, 0.3) is 11.4 Å². The first kappa shape index (κ1) is 20.3. The number of nitrogens with zero attached hydrogens (tertiary/aromatic N) is 3. The average molecular weight is 444 g/mol.